The van der Waals surface area contributed by atoms with E-state index in [0.29, 0.717) is 0 Å². The van der Waals surface area contributed by atoms with E-state index in [-0.39, 0.29) is 0 Å². The van der Waals surface area contributed by atoms with Crippen molar-refractivity contribution in [1.29, 1.82) is 0 Å². The lowest BCUT2D eigenvalue weighted by atomic mass is 10.6. The van der Waals surface area contributed by atoms with Crippen LogP contribution in [0.2, 0.25) is 0 Å². The summed E-state index contributed by atoms with van der Waals surface area (Å²) in [6, 6.07) is 0. The minimum atomic E-state index is -2.54. The van der Waals surface area contributed by atoms with Gasteiger partial charge in [0.1, 0.15) is 0 Å². The average Bonchev–Trinajstić information content (AvgIpc) is 1.96. The van der Waals surface area contributed by atoms with Gasteiger partial charge in [-0.2, -0.15) is 8.61 Å². The van der Waals surface area contributed by atoms with E-state index >= 15 is 0 Å². The Balaban J connectivity index is 2.66. The third-order valence-electron chi connectivity index (χ3n) is 1.57. The molecule has 0 aromatic heterocycles. The van der Waals surface area contributed by atoms with Crippen molar-refractivity contribution in [2.75, 3.05) is 27.2 Å². The molecule has 0 atom stereocenters. The Morgan fingerprint density at radius 3 is 1.56 bits per heavy atom. The molecule has 1 rings (SSSR count). The third-order valence-corrected chi connectivity index (χ3v) is 3.60. The second-order valence-electron chi connectivity index (χ2n) is 2.19. The number of hydrogen-bond acceptors (Lipinski definition) is 4. The van der Waals surface area contributed by atoms with Crippen molar-refractivity contribution in [1.82, 2.24) is 8.61 Å². The van der Waals surface area contributed by atoms with Crippen LogP contribution in [0.15, 0.2) is 0 Å². The minimum Gasteiger partial charge on any atom is -0.272 e. The summed E-state index contributed by atoms with van der Waals surface area (Å²) in [6.45, 7) is 1.47. The Kier molecular flexibility index (Phi) is 1.71. The molecule has 0 saturated carbocycles. The molecule has 1 saturated heterocycles. The summed E-state index contributed by atoms with van der Waals surface area (Å²) in [6.07, 6.45) is 0. The summed E-state index contributed by atoms with van der Waals surface area (Å²) in [5.74, 6) is 0. The largest absolute Gasteiger partial charge is 0.272 e. The van der Waals surface area contributed by atoms with Crippen LogP contribution in [0.4, 0.5) is 0 Å². The van der Waals surface area contributed by atoms with Gasteiger partial charge in [-0.3, -0.25) is 9.11 Å². The topological polar surface area (TPSA) is 46.9 Å². The third kappa shape index (κ3) is 1.06. The Morgan fingerprint density at radius 1 is 1.11 bits per heavy atom. The highest BCUT2D eigenvalue weighted by atomic mass is 32.3. The highest BCUT2D eigenvalue weighted by molar-refractivity contribution is 8.20. The summed E-state index contributed by atoms with van der Waals surface area (Å²) < 4.78 is 21.6. The molecule has 1 fully saturated rings. The summed E-state index contributed by atoms with van der Waals surface area (Å²) in [4.78, 5) is 0. The van der Waals surface area contributed by atoms with Gasteiger partial charge in [-0.25, -0.2) is 0 Å². The molecule has 56 valence electrons. The molecule has 1 aliphatic rings. The van der Waals surface area contributed by atoms with E-state index in [1.54, 1.807) is 22.7 Å². The van der Waals surface area contributed by atoms with Gasteiger partial charge in [0, 0.05) is 27.2 Å². The van der Waals surface area contributed by atoms with Gasteiger partial charge in [0.15, 0.2) is 0 Å². The number of nitrogens with zero attached hydrogens (tertiary/aromatic N) is 2. The van der Waals surface area contributed by atoms with Crippen molar-refractivity contribution < 1.29 is 9.11 Å². The lowest BCUT2D eigenvalue weighted by Crippen LogP contribution is -2.23. The molecule has 2 N–H and O–H groups in total. The van der Waals surface area contributed by atoms with Crippen LogP contribution in [0.3, 0.4) is 0 Å². The fourth-order valence-corrected chi connectivity index (χ4v) is 1.89. The Morgan fingerprint density at radius 2 is 1.44 bits per heavy atom. The molecule has 1 aliphatic heterocycles. The van der Waals surface area contributed by atoms with Gasteiger partial charge < -0.3 is 0 Å². The number of hydrogen-bond donors (Lipinski definition) is 2. The van der Waals surface area contributed by atoms with E-state index in [0.717, 1.165) is 13.1 Å². The average molecular weight is 152 g/mol. The second-order valence-corrected chi connectivity index (χ2v) is 4.42. The summed E-state index contributed by atoms with van der Waals surface area (Å²) in [5, 5.41) is 0. The highest BCUT2D eigenvalue weighted by Gasteiger charge is 2.30. The van der Waals surface area contributed by atoms with Crippen LogP contribution in [0.1, 0.15) is 0 Å². The summed E-state index contributed by atoms with van der Waals surface area (Å²) >= 11 is 0. The fraction of sp³-hybridized carbons (Fsp3) is 1.00. The van der Waals surface area contributed by atoms with Crippen LogP contribution in [0.25, 0.3) is 0 Å². The van der Waals surface area contributed by atoms with Gasteiger partial charge in [0.25, 0.3) is 0 Å². The smallest absolute Gasteiger partial charge is 0.0333 e. The first-order valence-corrected chi connectivity index (χ1v) is 4.22. The van der Waals surface area contributed by atoms with Crippen molar-refractivity contribution in [2.24, 2.45) is 0 Å². The molecule has 9 heavy (non-hydrogen) atoms. The van der Waals surface area contributed by atoms with Gasteiger partial charge in [-0.05, 0) is 0 Å². The van der Waals surface area contributed by atoms with E-state index < -0.39 is 11.0 Å². The Bertz CT molecular complexity index is 107. The lowest BCUT2D eigenvalue weighted by Gasteiger charge is -2.38. The molecule has 0 amide bonds. The van der Waals surface area contributed by atoms with Crippen molar-refractivity contribution in [3.05, 3.63) is 0 Å². The molecule has 0 radical (unpaired) electrons. The van der Waals surface area contributed by atoms with E-state index in [4.69, 9.17) is 0 Å². The lowest BCUT2D eigenvalue weighted by molar-refractivity contribution is 0.382. The first-order chi connectivity index (χ1) is 4.05. The van der Waals surface area contributed by atoms with E-state index in [1.165, 1.54) is 0 Å². The van der Waals surface area contributed by atoms with Crippen LogP contribution in [0, 0.1) is 0 Å². The summed E-state index contributed by atoms with van der Waals surface area (Å²) in [7, 11) is 0.877. The zero-order valence-corrected chi connectivity index (χ0v) is 6.43. The normalized spacial score (nSPS) is 32.9. The molecule has 0 aromatic rings. The first-order valence-electron chi connectivity index (χ1n) is 2.76. The van der Waals surface area contributed by atoms with Crippen molar-refractivity contribution in [2.45, 2.75) is 0 Å². The Labute approximate surface area is 56.7 Å². The maximum absolute atomic E-state index is 9.22. The fourth-order valence-electron chi connectivity index (χ4n) is 0.765. The molecule has 0 bridgehead atoms. The molecule has 0 unspecified atom stereocenters. The van der Waals surface area contributed by atoms with Gasteiger partial charge in [0.05, 0.1) is 0 Å². The van der Waals surface area contributed by atoms with E-state index in [9.17, 15) is 9.11 Å². The summed E-state index contributed by atoms with van der Waals surface area (Å²) in [5.41, 5.74) is 0. The monoisotopic (exact) mass is 152 g/mol. The van der Waals surface area contributed by atoms with Crippen molar-refractivity contribution >= 4 is 11.0 Å². The van der Waals surface area contributed by atoms with E-state index in [1.807, 2.05) is 0 Å². The maximum Gasteiger partial charge on any atom is 0.0333 e. The van der Waals surface area contributed by atoms with Gasteiger partial charge in [0.2, 0.25) is 0 Å². The van der Waals surface area contributed by atoms with Crippen molar-refractivity contribution in [3.8, 4) is 0 Å². The SMILES string of the molecule is CN1CCN(C)S1(O)O. The molecule has 0 aliphatic carbocycles. The van der Waals surface area contributed by atoms with Crippen LogP contribution >= 0.6 is 11.0 Å². The standard InChI is InChI=1S/C4H12N2O2S/c1-5-3-4-6(2)9(5,7)8/h7-8H,3-4H2,1-2H3. The maximum atomic E-state index is 9.22. The number of rotatable bonds is 0. The zero-order chi connectivity index (χ0) is 7.07. The van der Waals surface area contributed by atoms with Crippen LogP contribution in [-0.4, -0.2) is 44.9 Å². The van der Waals surface area contributed by atoms with Crippen molar-refractivity contribution in [3.63, 3.8) is 0 Å². The predicted octanol–water partition coefficient (Wildman–Crippen LogP) is 0.444. The highest BCUT2D eigenvalue weighted by Crippen LogP contribution is 2.48. The van der Waals surface area contributed by atoms with Gasteiger partial charge >= 0.3 is 0 Å². The van der Waals surface area contributed by atoms with E-state index in [2.05, 4.69) is 0 Å². The van der Waals surface area contributed by atoms with Gasteiger partial charge in [-0.1, -0.05) is 11.0 Å². The molecule has 5 heteroatoms. The molecule has 0 spiro atoms. The molecular weight excluding hydrogens is 140 g/mol. The quantitative estimate of drug-likeness (QED) is 0.529. The predicted molar refractivity (Wildman–Crippen MR) is 38.1 cm³/mol. The van der Waals surface area contributed by atoms with Crippen LogP contribution < -0.4 is 0 Å². The Hall–Kier alpha value is 0.190. The number of likely N-dealkylation sites (N-methyl/N-ethyl adjacent to an activating group) is 2. The first kappa shape index (κ1) is 7.30. The minimum absolute atomic E-state index is 0.735. The van der Waals surface area contributed by atoms with Gasteiger partial charge in [-0.15, -0.1) is 0 Å². The molecule has 1 heterocycles. The second kappa shape index (κ2) is 2.10. The zero-order valence-electron chi connectivity index (χ0n) is 5.61. The molecular formula is C4H12N2O2S. The van der Waals surface area contributed by atoms with Crippen LogP contribution in [0.5, 0.6) is 0 Å². The molecule has 0 aromatic carbocycles. The molecule has 4 nitrogen and oxygen atoms in total. The van der Waals surface area contributed by atoms with Crippen LogP contribution in [-0.2, 0) is 0 Å².